The first-order valence-corrected chi connectivity index (χ1v) is 5.50. The van der Waals surface area contributed by atoms with Crippen molar-refractivity contribution in [1.82, 2.24) is 10.1 Å². The number of hydrogen-bond acceptors (Lipinski definition) is 6. The number of benzene rings is 1. The summed E-state index contributed by atoms with van der Waals surface area (Å²) in [6, 6.07) is 4.09. The maximum Gasteiger partial charge on any atom is 0.397 e. The molecule has 0 radical (unpaired) electrons. The molecule has 0 saturated heterocycles. The molecule has 0 fully saturated rings. The zero-order valence-electron chi connectivity index (χ0n) is 10.3. The fourth-order valence-corrected chi connectivity index (χ4v) is 1.41. The molecule has 0 spiro atoms. The van der Waals surface area contributed by atoms with Crippen molar-refractivity contribution in [3.05, 3.63) is 29.9 Å². The second-order valence-electron chi connectivity index (χ2n) is 3.49. The summed E-state index contributed by atoms with van der Waals surface area (Å²) in [6.45, 7) is 1.83. The topological polar surface area (TPSA) is 74.5 Å². The van der Waals surface area contributed by atoms with E-state index in [0.717, 1.165) is 0 Å². The van der Waals surface area contributed by atoms with Crippen LogP contribution in [0.15, 0.2) is 22.7 Å². The third kappa shape index (κ3) is 2.70. The number of hydrogen-bond donors (Lipinski definition) is 0. The molecule has 0 atom stereocenters. The van der Waals surface area contributed by atoms with Gasteiger partial charge >= 0.3 is 11.9 Å². The zero-order valence-corrected chi connectivity index (χ0v) is 10.3. The number of carbonyl (C=O) groups excluding carboxylic acids is 1. The molecule has 6 nitrogen and oxygen atoms in total. The predicted octanol–water partition coefficient (Wildman–Crippen LogP) is 2.06. The molecular weight excluding hydrogens is 255 g/mol. The van der Waals surface area contributed by atoms with Gasteiger partial charge in [-0.05, 0) is 25.1 Å². The van der Waals surface area contributed by atoms with E-state index in [1.807, 2.05) is 0 Å². The Kier molecular flexibility index (Phi) is 3.74. The highest BCUT2D eigenvalue weighted by Gasteiger charge is 2.19. The lowest BCUT2D eigenvalue weighted by Gasteiger charge is -2.01. The summed E-state index contributed by atoms with van der Waals surface area (Å²) in [5, 5.41) is 3.54. The van der Waals surface area contributed by atoms with Gasteiger partial charge in [0.25, 0.3) is 0 Å². The highest BCUT2D eigenvalue weighted by Crippen LogP contribution is 2.24. The van der Waals surface area contributed by atoms with Crippen molar-refractivity contribution in [1.29, 1.82) is 0 Å². The van der Waals surface area contributed by atoms with Gasteiger partial charge in [-0.25, -0.2) is 9.18 Å². The molecule has 0 unspecified atom stereocenters. The van der Waals surface area contributed by atoms with E-state index in [9.17, 15) is 9.18 Å². The number of aromatic nitrogens is 2. The minimum absolute atomic E-state index is 0.0422. The van der Waals surface area contributed by atoms with Crippen LogP contribution in [-0.2, 0) is 4.74 Å². The second-order valence-corrected chi connectivity index (χ2v) is 3.49. The summed E-state index contributed by atoms with van der Waals surface area (Å²) in [4.78, 5) is 15.1. The number of rotatable bonds is 4. The summed E-state index contributed by atoms with van der Waals surface area (Å²) in [5.41, 5.74) is 0.0821. The summed E-state index contributed by atoms with van der Waals surface area (Å²) in [7, 11) is 1.46. The fourth-order valence-electron chi connectivity index (χ4n) is 1.41. The number of nitrogens with zero attached hydrogens (tertiary/aromatic N) is 2. The molecule has 1 aromatic carbocycles. The van der Waals surface area contributed by atoms with E-state index >= 15 is 0 Å². The third-order valence-corrected chi connectivity index (χ3v) is 2.29. The van der Waals surface area contributed by atoms with Crippen molar-refractivity contribution in [3.63, 3.8) is 0 Å². The summed E-state index contributed by atoms with van der Waals surface area (Å²) in [6.07, 6.45) is 0. The van der Waals surface area contributed by atoms with Crippen LogP contribution in [0.5, 0.6) is 5.75 Å². The lowest BCUT2D eigenvalue weighted by Crippen LogP contribution is -2.04. The van der Waals surface area contributed by atoms with Crippen molar-refractivity contribution in [3.8, 4) is 17.1 Å². The van der Waals surface area contributed by atoms with Gasteiger partial charge in [0.05, 0.1) is 19.3 Å². The minimum atomic E-state index is -0.746. The van der Waals surface area contributed by atoms with Gasteiger partial charge in [-0.15, -0.1) is 0 Å². The normalized spacial score (nSPS) is 10.3. The maximum absolute atomic E-state index is 13.7. The lowest BCUT2D eigenvalue weighted by atomic mass is 10.2. The highest BCUT2D eigenvalue weighted by molar-refractivity contribution is 5.84. The summed E-state index contributed by atoms with van der Waals surface area (Å²) >= 11 is 0. The van der Waals surface area contributed by atoms with Gasteiger partial charge in [0.2, 0.25) is 5.82 Å². The number of esters is 1. The van der Waals surface area contributed by atoms with Crippen LogP contribution in [0.1, 0.15) is 17.6 Å². The van der Waals surface area contributed by atoms with Crippen molar-refractivity contribution >= 4 is 5.97 Å². The quantitative estimate of drug-likeness (QED) is 0.788. The van der Waals surface area contributed by atoms with E-state index < -0.39 is 11.8 Å². The predicted molar refractivity (Wildman–Crippen MR) is 62.2 cm³/mol. The first kappa shape index (κ1) is 13.0. The summed E-state index contributed by atoms with van der Waals surface area (Å²) < 4.78 is 28.1. The van der Waals surface area contributed by atoms with Gasteiger partial charge in [-0.3, -0.25) is 0 Å². The van der Waals surface area contributed by atoms with Crippen molar-refractivity contribution in [2.75, 3.05) is 13.7 Å². The van der Waals surface area contributed by atoms with Crippen LogP contribution in [0.4, 0.5) is 4.39 Å². The largest absolute Gasteiger partial charge is 0.497 e. The van der Waals surface area contributed by atoms with Crippen molar-refractivity contribution in [2.45, 2.75) is 6.92 Å². The Morgan fingerprint density at radius 3 is 2.95 bits per heavy atom. The Hall–Kier alpha value is -2.44. The molecule has 0 saturated carbocycles. The standard InChI is InChI=1S/C12H11FN2O4/c1-3-18-12(16)11-14-10(15-19-11)8-6-7(17-2)4-5-9(8)13/h4-6H,3H2,1-2H3. The van der Waals surface area contributed by atoms with E-state index in [4.69, 9.17) is 14.0 Å². The molecule has 2 rings (SSSR count). The van der Waals surface area contributed by atoms with Crippen LogP contribution in [0.2, 0.25) is 0 Å². The molecule has 0 N–H and O–H groups in total. The average Bonchev–Trinajstić information content (AvgIpc) is 2.89. The fraction of sp³-hybridized carbons (Fsp3) is 0.250. The van der Waals surface area contributed by atoms with Crippen molar-refractivity contribution < 1.29 is 23.2 Å². The average molecular weight is 266 g/mol. The van der Waals surface area contributed by atoms with Gasteiger partial charge in [0.1, 0.15) is 11.6 Å². The van der Waals surface area contributed by atoms with Crippen LogP contribution in [-0.4, -0.2) is 29.8 Å². The second kappa shape index (κ2) is 5.47. The molecule has 1 aromatic heterocycles. The van der Waals surface area contributed by atoms with Crippen LogP contribution >= 0.6 is 0 Å². The number of carbonyl (C=O) groups is 1. The molecule has 19 heavy (non-hydrogen) atoms. The van der Waals surface area contributed by atoms with E-state index in [-0.39, 0.29) is 23.9 Å². The van der Waals surface area contributed by atoms with Crippen LogP contribution in [0.3, 0.4) is 0 Å². The Morgan fingerprint density at radius 2 is 2.26 bits per heavy atom. The van der Waals surface area contributed by atoms with Crippen LogP contribution in [0, 0.1) is 5.82 Å². The molecule has 7 heteroatoms. The Morgan fingerprint density at radius 1 is 1.47 bits per heavy atom. The van der Waals surface area contributed by atoms with Gasteiger partial charge in [0.15, 0.2) is 0 Å². The van der Waals surface area contributed by atoms with E-state index in [1.165, 1.54) is 25.3 Å². The Bertz CT molecular complexity index is 597. The van der Waals surface area contributed by atoms with E-state index in [1.54, 1.807) is 6.92 Å². The third-order valence-electron chi connectivity index (χ3n) is 2.29. The van der Waals surface area contributed by atoms with Gasteiger partial charge in [-0.1, -0.05) is 5.16 Å². The molecule has 0 aliphatic rings. The maximum atomic E-state index is 13.7. The van der Waals surface area contributed by atoms with Gasteiger partial charge in [-0.2, -0.15) is 4.98 Å². The van der Waals surface area contributed by atoms with Gasteiger partial charge < -0.3 is 14.0 Å². The molecule has 1 heterocycles. The van der Waals surface area contributed by atoms with E-state index in [0.29, 0.717) is 5.75 Å². The van der Waals surface area contributed by atoms with Gasteiger partial charge in [0, 0.05) is 0 Å². The van der Waals surface area contributed by atoms with E-state index in [2.05, 4.69) is 10.1 Å². The number of ether oxygens (including phenoxy) is 2. The molecule has 0 aliphatic carbocycles. The first-order chi connectivity index (χ1) is 9.15. The molecular formula is C12H11FN2O4. The highest BCUT2D eigenvalue weighted by atomic mass is 19.1. The molecule has 0 bridgehead atoms. The van der Waals surface area contributed by atoms with Crippen molar-refractivity contribution in [2.24, 2.45) is 0 Å². The molecule has 0 amide bonds. The first-order valence-electron chi connectivity index (χ1n) is 5.50. The number of methoxy groups -OCH3 is 1. The lowest BCUT2D eigenvalue weighted by molar-refractivity contribution is 0.0470. The smallest absolute Gasteiger partial charge is 0.397 e. The molecule has 2 aromatic rings. The van der Waals surface area contributed by atoms with Crippen LogP contribution in [0.25, 0.3) is 11.4 Å². The van der Waals surface area contributed by atoms with Crippen LogP contribution < -0.4 is 4.74 Å². The molecule has 100 valence electrons. The Balaban J connectivity index is 2.34. The minimum Gasteiger partial charge on any atom is -0.497 e. The number of halogens is 1. The monoisotopic (exact) mass is 266 g/mol. The SMILES string of the molecule is CCOC(=O)c1nc(-c2cc(OC)ccc2F)no1. The molecule has 0 aliphatic heterocycles. The summed E-state index contributed by atoms with van der Waals surface area (Å²) in [5.74, 6) is -1.21. The Labute approximate surface area is 108 Å². The zero-order chi connectivity index (χ0) is 13.8.